The Morgan fingerprint density at radius 2 is 1.46 bits per heavy atom. The van der Waals surface area contributed by atoms with Gasteiger partial charge in [0, 0.05) is 28.7 Å². The van der Waals surface area contributed by atoms with Gasteiger partial charge in [-0.3, -0.25) is 4.90 Å². The Balaban J connectivity index is 1.97. The van der Waals surface area contributed by atoms with Crippen LogP contribution in [-0.2, 0) is 10.8 Å². The van der Waals surface area contributed by atoms with Crippen LogP contribution < -0.4 is 4.90 Å². The monoisotopic (exact) mass is 342 g/mol. The largest absolute Gasteiger partial charge is 0.508 e. The van der Waals surface area contributed by atoms with Crippen molar-refractivity contribution < 1.29 is 5.11 Å². The van der Waals surface area contributed by atoms with Crippen LogP contribution in [0.3, 0.4) is 0 Å². The van der Waals surface area contributed by atoms with Crippen LogP contribution in [0.25, 0.3) is 0 Å². The zero-order chi connectivity index (χ0) is 18.3. The van der Waals surface area contributed by atoms with Crippen molar-refractivity contribution in [2.45, 2.75) is 38.5 Å². The Kier molecular flexibility index (Phi) is 2.77. The zero-order valence-corrected chi connectivity index (χ0v) is 15.5. The van der Waals surface area contributed by atoms with Crippen LogP contribution in [0.1, 0.15) is 49.9 Å². The molecule has 3 heterocycles. The minimum Gasteiger partial charge on any atom is -0.508 e. The number of pyridine rings is 1. The molecule has 3 nitrogen and oxygen atoms in total. The lowest BCUT2D eigenvalue weighted by Gasteiger charge is -2.48. The van der Waals surface area contributed by atoms with Gasteiger partial charge in [-0.05, 0) is 28.8 Å². The molecular weight excluding hydrogens is 320 g/mol. The van der Waals surface area contributed by atoms with E-state index in [0.29, 0.717) is 0 Å². The summed E-state index contributed by atoms with van der Waals surface area (Å²) in [5.41, 5.74) is 6.98. The van der Waals surface area contributed by atoms with Gasteiger partial charge in [-0.25, -0.2) is 4.98 Å². The van der Waals surface area contributed by atoms with Gasteiger partial charge in [0.15, 0.2) is 0 Å². The van der Waals surface area contributed by atoms with E-state index in [1.54, 1.807) is 6.07 Å². The van der Waals surface area contributed by atoms with Gasteiger partial charge in [0.1, 0.15) is 11.6 Å². The fraction of sp³-hybridized carbons (Fsp3) is 0.261. The van der Waals surface area contributed by atoms with Crippen LogP contribution in [0, 0.1) is 0 Å². The van der Waals surface area contributed by atoms with Gasteiger partial charge >= 0.3 is 0 Å². The number of nitrogens with zero attached hydrogens (tertiary/aromatic N) is 2. The molecule has 0 saturated heterocycles. The first-order chi connectivity index (χ1) is 12.3. The van der Waals surface area contributed by atoms with Crippen LogP contribution in [0.4, 0.5) is 17.2 Å². The van der Waals surface area contributed by atoms with Crippen LogP contribution in [0.5, 0.6) is 5.75 Å². The highest BCUT2D eigenvalue weighted by Crippen LogP contribution is 2.59. The molecule has 26 heavy (non-hydrogen) atoms. The quantitative estimate of drug-likeness (QED) is 0.583. The molecule has 0 radical (unpaired) electrons. The van der Waals surface area contributed by atoms with Crippen molar-refractivity contribution in [3.05, 3.63) is 77.0 Å². The smallest absolute Gasteiger partial charge is 0.141 e. The Hall–Kier alpha value is -2.81. The molecule has 0 aliphatic carbocycles. The first-order valence-electron chi connectivity index (χ1n) is 9.06. The summed E-state index contributed by atoms with van der Waals surface area (Å²) in [6.45, 7) is 9.06. The third-order valence-electron chi connectivity index (χ3n) is 6.17. The highest BCUT2D eigenvalue weighted by molar-refractivity contribution is 5.91. The maximum Gasteiger partial charge on any atom is 0.141 e. The van der Waals surface area contributed by atoms with Crippen LogP contribution in [0.15, 0.2) is 54.7 Å². The maximum absolute atomic E-state index is 10.2. The summed E-state index contributed by atoms with van der Waals surface area (Å²) in [6.07, 6.45) is 1.85. The van der Waals surface area contributed by atoms with E-state index in [4.69, 9.17) is 4.98 Å². The highest BCUT2D eigenvalue weighted by atomic mass is 16.3. The van der Waals surface area contributed by atoms with Crippen molar-refractivity contribution in [3.8, 4) is 5.75 Å². The first kappa shape index (κ1) is 15.4. The van der Waals surface area contributed by atoms with Crippen molar-refractivity contribution in [1.82, 2.24) is 4.98 Å². The summed E-state index contributed by atoms with van der Waals surface area (Å²) in [6, 6.07) is 16.5. The second-order valence-corrected chi connectivity index (χ2v) is 8.36. The Morgan fingerprint density at radius 3 is 2.19 bits per heavy atom. The van der Waals surface area contributed by atoms with Gasteiger partial charge in [-0.2, -0.15) is 0 Å². The van der Waals surface area contributed by atoms with E-state index < -0.39 is 0 Å². The molecule has 3 aromatic rings. The molecule has 0 spiro atoms. The first-order valence-corrected chi connectivity index (χ1v) is 9.06. The molecule has 0 saturated carbocycles. The van der Waals surface area contributed by atoms with Crippen molar-refractivity contribution in [3.63, 3.8) is 0 Å². The summed E-state index contributed by atoms with van der Waals surface area (Å²) in [7, 11) is 0. The van der Waals surface area contributed by atoms with Gasteiger partial charge in [-0.15, -0.1) is 0 Å². The minimum absolute atomic E-state index is 0.129. The molecule has 0 unspecified atom stereocenters. The predicted octanol–water partition coefficient (Wildman–Crippen LogP) is 5.54. The van der Waals surface area contributed by atoms with E-state index in [2.05, 4.69) is 56.9 Å². The molecule has 3 heteroatoms. The van der Waals surface area contributed by atoms with E-state index in [-0.39, 0.29) is 16.6 Å². The second kappa shape index (κ2) is 4.67. The van der Waals surface area contributed by atoms with E-state index in [1.807, 2.05) is 24.4 Å². The number of anilines is 3. The number of fused-ring (bicyclic) bond motifs is 4. The summed E-state index contributed by atoms with van der Waals surface area (Å²) in [5, 5.41) is 10.2. The van der Waals surface area contributed by atoms with Crippen LogP contribution in [-0.4, -0.2) is 10.1 Å². The normalized spacial score (nSPS) is 17.9. The van der Waals surface area contributed by atoms with Gasteiger partial charge in [0.2, 0.25) is 0 Å². The molecule has 130 valence electrons. The van der Waals surface area contributed by atoms with Gasteiger partial charge in [0.05, 0.1) is 11.4 Å². The van der Waals surface area contributed by atoms with Crippen molar-refractivity contribution in [2.24, 2.45) is 0 Å². The third kappa shape index (κ3) is 1.70. The number of benzene rings is 2. The number of aromatic hydroxyl groups is 1. The summed E-state index contributed by atoms with van der Waals surface area (Å²) < 4.78 is 0. The molecule has 0 atom stereocenters. The van der Waals surface area contributed by atoms with Crippen molar-refractivity contribution >= 4 is 17.2 Å². The molecule has 1 aromatic heterocycles. The van der Waals surface area contributed by atoms with Gasteiger partial charge in [0.25, 0.3) is 0 Å². The summed E-state index contributed by atoms with van der Waals surface area (Å²) >= 11 is 0. The summed E-state index contributed by atoms with van der Waals surface area (Å²) in [4.78, 5) is 7.00. The molecule has 0 fully saturated rings. The molecule has 2 aromatic carbocycles. The fourth-order valence-corrected chi connectivity index (χ4v) is 4.72. The van der Waals surface area contributed by atoms with Gasteiger partial charge in [-0.1, -0.05) is 58.0 Å². The third-order valence-corrected chi connectivity index (χ3v) is 6.17. The topological polar surface area (TPSA) is 36.4 Å². The Bertz CT molecular complexity index is 1050. The molecule has 2 aliphatic heterocycles. The lowest BCUT2D eigenvalue weighted by atomic mass is 9.67. The number of aromatic nitrogens is 1. The molecule has 0 amide bonds. The standard InChI is InChI=1S/C23H22N2O/c1-22(2)15-11-10-14(26)13-19(15)25-20-16(22)7-5-8-17(20)23(3,4)18-9-6-12-24-21(18)25/h5-13,26H,1-4H3. The number of hydrogen-bond donors (Lipinski definition) is 1. The van der Waals surface area contributed by atoms with Gasteiger partial charge < -0.3 is 5.11 Å². The molecular formula is C23H22N2O. The predicted molar refractivity (Wildman–Crippen MR) is 105 cm³/mol. The van der Waals surface area contributed by atoms with E-state index >= 15 is 0 Å². The van der Waals surface area contributed by atoms with Crippen LogP contribution >= 0.6 is 0 Å². The average molecular weight is 342 g/mol. The molecule has 2 aliphatic rings. The van der Waals surface area contributed by atoms with Crippen LogP contribution in [0.2, 0.25) is 0 Å². The second-order valence-electron chi connectivity index (χ2n) is 8.36. The Morgan fingerprint density at radius 1 is 0.808 bits per heavy atom. The maximum atomic E-state index is 10.2. The fourth-order valence-electron chi connectivity index (χ4n) is 4.72. The van der Waals surface area contributed by atoms with E-state index in [0.717, 1.165) is 11.5 Å². The van der Waals surface area contributed by atoms with Crippen molar-refractivity contribution in [2.75, 3.05) is 4.90 Å². The molecule has 1 N–H and O–H groups in total. The lowest BCUT2D eigenvalue weighted by molar-refractivity contribution is 0.474. The Labute approximate surface area is 153 Å². The molecule has 0 bridgehead atoms. The minimum atomic E-state index is -0.146. The van der Waals surface area contributed by atoms with Crippen molar-refractivity contribution in [1.29, 1.82) is 0 Å². The zero-order valence-electron chi connectivity index (χ0n) is 15.5. The number of hydrogen-bond acceptors (Lipinski definition) is 3. The van der Waals surface area contributed by atoms with E-state index in [1.165, 1.54) is 27.9 Å². The number of phenols is 1. The number of phenolic OH excluding ortho intramolecular Hbond substituents is 1. The highest BCUT2D eigenvalue weighted by Gasteiger charge is 2.45. The molecule has 5 rings (SSSR count). The number of rotatable bonds is 0. The lowest BCUT2D eigenvalue weighted by Crippen LogP contribution is -2.38. The number of para-hydroxylation sites is 1. The average Bonchev–Trinajstić information content (AvgIpc) is 2.61. The summed E-state index contributed by atoms with van der Waals surface area (Å²) in [5.74, 6) is 1.24. The van der Waals surface area contributed by atoms with E-state index in [9.17, 15) is 5.11 Å². The SMILES string of the molecule is CC1(C)c2ccc(O)cc2N2c3ncccc3C(C)(C)c3cccc1c32.